The normalized spacial score (nSPS) is 13.0. The molecule has 0 heterocycles. The Morgan fingerprint density at radius 3 is 2.58 bits per heavy atom. The topological polar surface area (TPSA) is 101 Å². The molecule has 0 radical (unpaired) electrons. The maximum atomic E-state index is 11.8. The van der Waals surface area contributed by atoms with Gasteiger partial charge in [0, 0.05) is 12.5 Å². The molecule has 0 fully saturated rings. The summed E-state index contributed by atoms with van der Waals surface area (Å²) in [5.74, 6) is -0.260. The Hall–Kier alpha value is -1.44. The van der Waals surface area contributed by atoms with E-state index in [0.29, 0.717) is 0 Å². The van der Waals surface area contributed by atoms with Crippen molar-refractivity contribution in [1.29, 1.82) is 0 Å². The molecule has 0 bridgehead atoms. The van der Waals surface area contributed by atoms with Gasteiger partial charge in [0.05, 0.1) is 5.69 Å². The van der Waals surface area contributed by atoms with Gasteiger partial charge in [-0.05, 0) is 25.6 Å². The van der Waals surface area contributed by atoms with Crippen LogP contribution in [0.25, 0.3) is 0 Å². The van der Waals surface area contributed by atoms with Gasteiger partial charge in [-0.25, -0.2) is 13.6 Å². The van der Waals surface area contributed by atoms with Crippen LogP contribution in [0.2, 0.25) is 0 Å². The van der Waals surface area contributed by atoms with Crippen LogP contribution in [0.1, 0.15) is 20.3 Å². The molecule has 0 saturated carbocycles. The maximum Gasteiger partial charge on any atom is 0.240 e. The molecule has 1 rings (SSSR count). The van der Waals surface area contributed by atoms with Crippen LogP contribution in [0.4, 0.5) is 5.69 Å². The zero-order valence-electron chi connectivity index (χ0n) is 11.0. The number of hydrogen-bond donors (Lipinski definition) is 3. The predicted molar refractivity (Wildman–Crippen MR) is 74.2 cm³/mol. The first-order valence-corrected chi connectivity index (χ1v) is 7.54. The van der Waals surface area contributed by atoms with E-state index in [9.17, 15) is 13.2 Å². The number of primary sulfonamides is 1. The molecule has 0 saturated heterocycles. The van der Waals surface area contributed by atoms with Crippen molar-refractivity contribution in [2.45, 2.75) is 31.2 Å². The minimum absolute atomic E-state index is 0.0200. The number of hydrogen-bond acceptors (Lipinski definition) is 4. The molecule has 0 aliphatic rings. The van der Waals surface area contributed by atoms with Crippen molar-refractivity contribution in [3.8, 4) is 0 Å². The van der Waals surface area contributed by atoms with E-state index in [1.165, 1.54) is 12.1 Å². The van der Waals surface area contributed by atoms with Crippen molar-refractivity contribution < 1.29 is 13.2 Å². The lowest BCUT2D eigenvalue weighted by Gasteiger charge is -2.13. The van der Waals surface area contributed by atoms with Crippen molar-refractivity contribution >= 4 is 21.6 Å². The quantitative estimate of drug-likeness (QED) is 0.714. The Balaban J connectivity index is 2.81. The Morgan fingerprint density at radius 1 is 1.37 bits per heavy atom. The number of carbonyl (C=O) groups excluding carboxylic acids is 1. The van der Waals surface area contributed by atoms with Crippen LogP contribution in [0, 0.1) is 0 Å². The molecular formula is C12H19N3O3S. The standard InChI is InChI=1S/C12H19N3O3S/c1-3-14-9(2)8-12(16)15-10-6-4-5-7-11(10)19(13,17)18/h4-7,9,14H,3,8H2,1-2H3,(H,15,16)(H2,13,17,18). The minimum Gasteiger partial charge on any atom is -0.325 e. The lowest BCUT2D eigenvalue weighted by molar-refractivity contribution is -0.116. The summed E-state index contributed by atoms with van der Waals surface area (Å²) in [4.78, 5) is 11.7. The van der Waals surface area contributed by atoms with Gasteiger partial charge in [-0.2, -0.15) is 0 Å². The van der Waals surface area contributed by atoms with Gasteiger partial charge in [0.2, 0.25) is 15.9 Å². The molecule has 1 unspecified atom stereocenters. The fraction of sp³-hybridized carbons (Fsp3) is 0.417. The summed E-state index contributed by atoms with van der Waals surface area (Å²) in [7, 11) is -3.85. The van der Waals surface area contributed by atoms with E-state index in [1.807, 2.05) is 13.8 Å². The fourth-order valence-corrected chi connectivity index (χ4v) is 2.41. The van der Waals surface area contributed by atoms with Crippen molar-refractivity contribution in [3.63, 3.8) is 0 Å². The predicted octanol–water partition coefficient (Wildman–Crippen LogP) is 0.661. The van der Waals surface area contributed by atoms with Crippen molar-refractivity contribution in [2.75, 3.05) is 11.9 Å². The van der Waals surface area contributed by atoms with Gasteiger partial charge in [0.1, 0.15) is 4.90 Å². The van der Waals surface area contributed by atoms with Crippen LogP contribution in [0.5, 0.6) is 0 Å². The molecule has 4 N–H and O–H groups in total. The minimum atomic E-state index is -3.85. The summed E-state index contributed by atoms with van der Waals surface area (Å²) < 4.78 is 22.7. The first-order chi connectivity index (χ1) is 8.84. The summed E-state index contributed by atoms with van der Waals surface area (Å²) in [5, 5.41) is 10.8. The average molecular weight is 285 g/mol. The van der Waals surface area contributed by atoms with Crippen LogP contribution < -0.4 is 15.8 Å². The van der Waals surface area contributed by atoms with Crippen LogP contribution >= 0.6 is 0 Å². The Morgan fingerprint density at radius 2 is 2.00 bits per heavy atom. The third kappa shape index (κ3) is 4.98. The Labute approximate surface area is 113 Å². The van der Waals surface area contributed by atoms with E-state index >= 15 is 0 Å². The van der Waals surface area contributed by atoms with Gasteiger partial charge < -0.3 is 10.6 Å². The molecule has 1 aromatic rings. The number of amides is 1. The van der Waals surface area contributed by atoms with Gasteiger partial charge in [-0.15, -0.1) is 0 Å². The zero-order valence-corrected chi connectivity index (χ0v) is 11.8. The number of rotatable bonds is 6. The van der Waals surface area contributed by atoms with E-state index in [0.717, 1.165) is 6.54 Å². The number of nitrogens with one attached hydrogen (secondary N) is 2. The summed E-state index contributed by atoms with van der Waals surface area (Å²) in [6.45, 7) is 4.60. The van der Waals surface area contributed by atoms with Gasteiger partial charge in [0.25, 0.3) is 0 Å². The Kier molecular flexibility index (Phi) is 5.46. The van der Waals surface area contributed by atoms with Gasteiger partial charge >= 0.3 is 0 Å². The largest absolute Gasteiger partial charge is 0.325 e. The summed E-state index contributed by atoms with van der Waals surface area (Å²) in [6.07, 6.45) is 0.257. The molecule has 1 atom stereocenters. The number of nitrogens with two attached hydrogens (primary N) is 1. The first-order valence-electron chi connectivity index (χ1n) is 5.99. The summed E-state index contributed by atoms with van der Waals surface area (Å²) in [5.41, 5.74) is 0.207. The zero-order chi connectivity index (χ0) is 14.5. The molecule has 1 aromatic carbocycles. The molecule has 1 amide bonds. The molecular weight excluding hydrogens is 266 g/mol. The highest BCUT2D eigenvalue weighted by atomic mass is 32.2. The molecule has 0 aliphatic carbocycles. The molecule has 7 heteroatoms. The highest BCUT2D eigenvalue weighted by molar-refractivity contribution is 7.89. The fourth-order valence-electron chi connectivity index (χ4n) is 1.72. The summed E-state index contributed by atoms with van der Waals surface area (Å²) in [6, 6.07) is 6.08. The van der Waals surface area contributed by atoms with Crippen molar-refractivity contribution in [2.24, 2.45) is 5.14 Å². The highest BCUT2D eigenvalue weighted by Crippen LogP contribution is 2.19. The van der Waals surface area contributed by atoms with E-state index in [-0.39, 0.29) is 29.0 Å². The molecule has 19 heavy (non-hydrogen) atoms. The summed E-state index contributed by atoms with van der Waals surface area (Å²) >= 11 is 0. The van der Waals surface area contributed by atoms with Gasteiger partial charge in [-0.1, -0.05) is 19.1 Å². The van der Waals surface area contributed by atoms with Crippen LogP contribution in [-0.4, -0.2) is 26.9 Å². The Bertz CT molecular complexity index is 543. The lowest BCUT2D eigenvalue weighted by Crippen LogP contribution is -2.30. The van der Waals surface area contributed by atoms with E-state index in [2.05, 4.69) is 10.6 Å². The third-order valence-corrected chi connectivity index (χ3v) is 3.48. The maximum absolute atomic E-state index is 11.8. The number of sulfonamides is 1. The number of anilines is 1. The van der Waals surface area contributed by atoms with Crippen LogP contribution in [0.15, 0.2) is 29.2 Å². The molecule has 6 nitrogen and oxygen atoms in total. The number of benzene rings is 1. The molecule has 0 aliphatic heterocycles. The monoisotopic (exact) mass is 285 g/mol. The number of para-hydroxylation sites is 1. The smallest absolute Gasteiger partial charge is 0.240 e. The second-order valence-corrected chi connectivity index (χ2v) is 5.78. The third-order valence-electron chi connectivity index (χ3n) is 2.51. The first kappa shape index (κ1) is 15.6. The average Bonchev–Trinajstić information content (AvgIpc) is 2.28. The highest BCUT2D eigenvalue weighted by Gasteiger charge is 2.15. The van der Waals surface area contributed by atoms with Gasteiger partial charge in [0.15, 0.2) is 0 Å². The van der Waals surface area contributed by atoms with E-state index in [1.54, 1.807) is 12.1 Å². The second kappa shape index (κ2) is 6.65. The molecule has 106 valence electrons. The van der Waals surface area contributed by atoms with Crippen LogP contribution in [-0.2, 0) is 14.8 Å². The molecule has 0 spiro atoms. The van der Waals surface area contributed by atoms with Crippen molar-refractivity contribution in [1.82, 2.24) is 5.32 Å². The van der Waals surface area contributed by atoms with E-state index < -0.39 is 10.0 Å². The van der Waals surface area contributed by atoms with Gasteiger partial charge in [-0.3, -0.25) is 4.79 Å². The number of carbonyl (C=O) groups is 1. The SMILES string of the molecule is CCNC(C)CC(=O)Nc1ccccc1S(N)(=O)=O. The second-order valence-electron chi connectivity index (χ2n) is 4.25. The molecule has 0 aromatic heterocycles. The van der Waals surface area contributed by atoms with Crippen molar-refractivity contribution in [3.05, 3.63) is 24.3 Å². The van der Waals surface area contributed by atoms with Crippen LogP contribution in [0.3, 0.4) is 0 Å². The lowest BCUT2D eigenvalue weighted by atomic mass is 10.2. The van der Waals surface area contributed by atoms with E-state index in [4.69, 9.17) is 5.14 Å².